The molecule has 4 aromatic carbocycles. The molecular weight excluding hydrogens is 552 g/mol. The van der Waals surface area contributed by atoms with E-state index >= 15 is 0 Å². The minimum absolute atomic E-state index is 0.194. The number of hydrogen-bond donors (Lipinski definition) is 0. The third kappa shape index (κ3) is 3.17. The highest BCUT2D eigenvalue weighted by Crippen LogP contribution is 2.69. The van der Waals surface area contributed by atoms with Crippen molar-refractivity contribution in [2.75, 3.05) is 4.90 Å². The first kappa shape index (κ1) is 25.0. The van der Waals surface area contributed by atoms with Crippen LogP contribution in [0.25, 0.3) is 0 Å². The Labute approximate surface area is 239 Å². The Morgan fingerprint density at radius 2 is 1.18 bits per heavy atom. The van der Waals surface area contributed by atoms with E-state index in [0.29, 0.717) is 5.69 Å². The van der Waals surface area contributed by atoms with E-state index in [2.05, 4.69) is 0 Å². The van der Waals surface area contributed by atoms with Gasteiger partial charge in [0, 0.05) is 5.56 Å². The lowest BCUT2D eigenvalue weighted by Gasteiger charge is -2.54. The molecule has 198 valence electrons. The molecule has 1 fully saturated rings. The zero-order valence-electron chi connectivity index (χ0n) is 20.8. The molecule has 4 aliphatic rings. The average Bonchev–Trinajstić information content (AvgIpc) is 3.26. The Kier molecular flexibility index (Phi) is 5.47. The van der Waals surface area contributed by atoms with Gasteiger partial charge in [0.2, 0.25) is 11.8 Å². The molecule has 8 heteroatoms. The van der Waals surface area contributed by atoms with E-state index in [9.17, 15) is 18.8 Å². The fourth-order valence-corrected chi connectivity index (χ4v) is 7.61. The Morgan fingerprint density at radius 3 is 1.65 bits per heavy atom. The van der Waals surface area contributed by atoms with E-state index in [1.165, 1.54) is 36.4 Å². The molecular formula is C32H20Cl2FNO4. The summed E-state index contributed by atoms with van der Waals surface area (Å²) < 4.78 is 19.1. The van der Waals surface area contributed by atoms with Crippen LogP contribution in [0.15, 0.2) is 97.1 Å². The molecule has 40 heavy (non-hydrogen) atoms. The van der Waals surface area contributed by atoms with E-state index in [-0.39, 0.29) is 17.7 Å². The van der Waals surface area contributed by atoms with Crippen LogP contribution in [-0.2, 0) is 30.7 Å². The van der Waals surface area contributed by atoms with Crippen LogP contribution in [0.4, 0.5) is 10.1 Å². The molecule has 3 aliphatic carbocycles. The van der Waals surface area contributed by atoms with Crippen LogP contribution in [0.1, 0.15) is 38.2 Å². The third-order valence-corrected chi connectivity index (χ3v) is 9.55. The van der Waals surface area contributed by atoms with Crippen LogP contribution >= 0.6 is 23.2 Å². The number of halogens is 3. The lowest BCUT2D eigenvalue weighted by Crippen LogP contribution is -2.57. The number of amides is 2. The molecule has 0 spiro atoms. The average molecular weight is 572 g/mol. The van der Waals surface area contributed by atoms with Gasteiger partial charge in [0.15, 0.2) is 0 Å². The maximum absolute atomic E-state index is 14.1. The van der Waals surface area contributed by atoms with Gasteiger partial charge >= 0.3 is 5.97 Å². The van der Waals surface area contributed by atoms with Crippen molar-refractivity contribution in [1.29, 1.82) is 0 Å². The lowest BCUT2D eigenvalue weighted by atomic mass is 9.54. The molecule has 0 saturated carbocycles. The first-order valence-electron chi connectivity index (χ1n) is 12.7. The summed E-state index contributed by atoms with van der Waals surface area (Å²) in [5, 5.41) is 0. The molecule has 4 aromatic rings. The van der Waals surface area contributed by atoms with Gasteiger partial charge in [-0.2, -0.15) is 0 Å². The summed E-state index contributed by atoms with van der Waals surface area (Å²) in [7, 11) is 0. The first-order valence-corrected chi connectivity index (χ1v) is 13.5. The Morgan fingerprint density at radius 1 is 0.725 bits per heavy atom. The molecule has 1 aliphatic heterocycles. The molecule has 0 radical (unpaired) electrons. The highest BCUT2D eigenvalue weighted by molar-refractivity contribution is 6.38. The van der Waals surface area contributed by atoms with Gasteiger partial charge in [0.1, 0.15) is 22.2 Å². The number of carbonyl (C=O) groups is 3. The number of hydrogen-bond acceptors (Lipinski definition) is 4. The summed E-state index contributed by atoms with van der Waals surface area (Å²) in [6.45, 7) is -0.226. The molecule has 5 nitrogen and oxygen atoms in total. The number of alkyl halides is 2. The van der Waals surface area contributed by atoms with Crippen LogP contribution in [-0.4, -0.2) is 17.8 Å². The van der Waals surface area contributed by atoms with Gasteiger partial charge in [-0.25, -0.2) is 14.1 Å². The fraction of sp³-hybridized carbons (Fsp3) is 0.156. The maximum atomic E-state index is 14.1. The summed E-state index contributed by atoms with van der Waals surface area (Å²) >= 11 is 14.9. The van der Waals surface area contributed by atoms with Crippen LogP contribution in [0, 0.1) is 17.7 Å². The number of ether oxygens (including phenoxy) is 1. The summed E-state index contributed by atoms with van der Waals surface area (Å²) in [5.41, 5.74) is 3.64. The highest BCUT2D eigenvalue weighted by Gasteiger charge is 2.73. The number of anilines is 1. The topological polar surface area (TPSA) is 63.7 Å². The van der Waals surface area contributed by atoms with Gasteiger partial charge in [-0.3, -0.25) is 9.59 Å². The van der Waals surface area contributed by atoms with Gasteiger partial charge in [0.05, 0.1) is 23.1 Å². The van der Waals surface area contributed by atoms with E-state index in [1.807, 2.05) is 48.5 Å². The molecule has 8 rings (SSSR count). The van der Waals surface area contributed by atoms with Gasteiger partial charge in [-0.05, 0) is 52.6 Å². The molecule has 2 atom stereocenters. The van der Waals surface area contributed by atoms with E-state index in [1.54, 1.807) is 12.1 Å². The minimum atomic E-state index is -1.27. The zero-order chi connectivity index (χ0) is 27.8. The molecule has 2 bridgehead atoms. The van der Waals surface area contributed by atoms with Gasteiger partial charge < -0.3 is 4.74 Å². The second kappa shape index (κ2) is 8.75. The van der Waals surface area contributed by atoms with Crippen molar-refractivity contribution >= 4 is 46.7 Å². The van der Waals surface area contributed by atoms with Gasteiger partial charge in [0.25, 0.3) is 0 Å². The van der Waals surface area contributed by atoms with Crippen molar-refractivity contribution in [1.82, 2.24) is 0 Å². The summed E-state index contributed by atoms with van der Waals surface area (Å²) in [5.74, 6) is -3.87. The lowest BCUT2D eigenvalue weighted by molar-refractivity contribution is -0.122. The first-order chi connectivity index (χ1) is 19.3. The van der Waals surface area contributed by atoms with Crippen LogP contribution in [0.2, 0.25) is 0 Å². The van der Waals surface area contributed by atoms with Gasteiger partial charge in [-0.1, -0.05) is 66.7 Å². The quantitative estimate of drug-likeness (QED) is 0.164. The number of benzene rings is 4. The fourth-order valence-electron chi connectivity index (χ4n) is 6.51. The molecule has 0 unspecified atom stereocenters. The number of carbonyl (C=O) groups excluding carboxylic acids is 3. The summed E-state index contributed by atoms with van der Waals surface area (Å²) in [4.78, 5) is 39.3. The van der Waals surface area contributed by atoms with Crippen LogP contribution < -0.4 is 4.90 Å². The Balaban J connectivity index is 1.23. The number of imide groups is 1. The standard InChI is InChI=1S/C32H20Cl2FNO4/c33-31-21-8-2-3-9-22(21)32(34,24-11-5-4-10-23(24)31)27-26(31)28(37)36(29(27)38)20-15-13-18(14-16-20)30(39)40-17-19-7-1-6-12-25(19)35/h1-16,26-27H,17H2/t26-,27-,31?,32?/m0/s1. The Bertz CT molecular complexity index is 1620. The van der Waals surface area contributed by atoms with Crippen molar-refractivity contribution in [2.24, 2.45) is 11.8 Å². The van der Waals surface area contributed by atoms with Crippen molar-refractivity contribution in [3.63, 3.8) is 0 Å². The normalized spacial score (nSPS) is 25.8. The van der Waals surface area contributed by atoms with Crippen LogP contribution in [0.5, 0.6) is 0 Å². The molecule has 1 heterocycles. The van der Waals surface area contributed by atoms with Crippen molar-refractivity contribution in [3.8, 4) is 0 Å². The predicted molar refractivity (Wildman–Crippen MR) is 148 cm³/mol. The van der Waals surface area contributed by atoms with E-state index in [0.717, 1.165) is 27.2 Å². The smallest absolute Gasteiger partial charge is 0.338 e. The number of rotatable bonds is 4. The number of esters is 1. The summed E-state index contributed by atoms with van der Waals surface area (Å²) in [6, 6.07) is 26.9. The Hall–Kier alpha value is -4.00. The van der Waals surface area contributed by atoms with Crippen molar-refractivity contribution in [2.45, 2.75) is 16.4 Å². The minimum Gasteiger partial charge on any atom is -0.457 e. The second-order valence-corrected chi connectivity index (χ2v) is 11.4. The number of nitrogens with zero attached hydrogens (tertiary/aromatic N) is 1. The van der Waals surface area contributed by atoms with Crippen molar-refractivity contribution < 1.29 is 23.5 Å². The molecule has 2 amide bonds. The van der Waals surface area contributed by atoms with Crippen molar-refractivity contribution in [3.05, 3.63) is 136 Å². The van der Waals surface area contributed by atoms with E-state index < -0.39 is 45.2 Å². The molecule has 1 saturated heterocycles. The largest absolute Gasteiger partial charge is 0.457 e. The highest BCUT2D eigenvalue weighted by atomic mass is 35.5. The summed E-state index contributed by atoms with van der Waals surface area (Å²) in [6.07, 6.45) is 0. The van der Waals surface area contributed by atoms with Gasteiger partial charge in [-0.15, -0.1) is 23.2 Å². The van der Waals surface area contributed by atoms with Crippen LogP contribution in [0.3, 0.4) is 0 Å². The zero-order valence-corrected chi connectivity index (χ0v) is 22.3. The third-order valence-electron chi connectivity index (χ3n) is 8.26. The maximum Gasteiger partial charge on any atom is 0.338 e. The second-order valence-electron chi connectivity index (χ2n) is 10.2. The monoisotopic (exact) mass is 571 g/mol. The predicted octanol–water partition coefficient (Wildman–Crippen LogP) is 6.28. The molecule has 0 aromatic heterocycles. The SMILES string of the molecule is O=C(OCc1ccccc1F)c1ccc(N2C(=O)[C@@H]3[C@@H](C2=O)C2(Cl)c4ccccc4C3(Cl)c3ccccc32)cc1. The van der Waals surface area contributed by atoms with E-state index in [4.69, 9.17) is 27.9 Å². The molecule has 0 N–H and O–H groups in total.